The van der Waals surface area contributed by atoms with E-state index in [9.17, 15) is 5.11 Å². The van der Waals surface area contributed by atoms with E-state index in [2.05, 4.69) is 25.6 Å². The Morgan fingerprint density at radius 3 is 2.44 bits per heavy atom. The maximum Gasteiger partial charge on any atom is 0.166 e. The molecule has 0 saturated carbocycles. The van der Waals surface area contributed by atoms with Crippen molar-refractivity contribution in [3.05, 3.63) is 47.7 Å². The second kappa shape index (κ2) is 4.69. The van der Waals surface area contributed by atoms with Crippen molar-refractivity contribution in [2.24, 2.45) is 5.92 Å². The molecule has 3 aliphatic heterocycles. The number of halogens is 1. The maximum atomic E-state index is 11.2. The first-order valence-corrected chi connectivity index (χ1v) is 6.47. The fraction of sp³-hybridized carbons (Fsp3) is 0.467. The first-order valence-electron chi connectivity index (χ1n) is 6.47. The normalized spacial score (nSPS) is 34.2. The molecule has 3 heteroatoms. The van der Waals surface area contributed by atoms with Gasteiger partial charge in [-0.1, -0.05) is 24.3 Å². The van der Waals surface area contributed by atoms with Gasteiger partial charge in [0, 0.05) is 18.8 Å². The summed E-state index contributed by atoms with van der Waals surface area (Å²) in [5.74, 6) is 0.355. The van der Waals surface area contributed by atoms with Crippen molar-refractivity contribution in [2.45, 2.75) is 25.4 Å². The number of hydrogen-bond acceptors (Lipinski definition) is 1. The third-order valence-electron chi connectivity index (χ3n) is 4.62. The van der Waals surface area contributed by atoms with Crippen molar-refractivity contribution in [1.29, 1.82) is 0 Å². The highest BCUT2D eigenvalue weighted by atomic mass is 35.5. The van der Waals surface area contributed by atoms with E-state index >= 15 is 0 Å². The largest absolute Gasteiger partial charge is 1.00 e. The maximum absolute atomic E-state index is 11.2. The molecule has 3 aliphatic rings. The number of aliphatic hydroxyl groups is 1. The summed E-state index contributed by atoms with van der Waals surface area (Å²) < 4.78 is 0. The highest BCUT2D eigenvalue weighted by Crippen LogP contribution is 2.42. The van der Waals surface area contributed by atoms with Gasteiger partial charge in [0.15, 0.2) is 5.60 Å². The zero-order valence-corrected chi connectivity index (χ0v) is 11.5. The lowest BCUT2D eigenvalue weighted by Gasteiger charge is -2.49. The van der Waals surface area contributed by atoms with Gasteiger partial charge < -0.3 is 22.4 Å². The molecule has 98 valence electrons. The molecule has 1 aromatic rings. The summed E-state index contributed by atoms with van der Waals surface area (Å²) in [4.78, 5) is 1.39. The lowest BCUT2D eigenvalue weighted by Crippen LogP contribution is -3.15. The summed E-state index contributed by atoms with van der Waals surface area (Å²) in [7, 11) is 0. The minimum Gasteiger partial charge on any atom is -1.00 e. The van der Waals surface area contributed by atoms with Crippen LogP contribution in [0.2, 0.25) is 0 Å². The Hall–Kier alpha value is -0.830. The molecule has 1 aromatic carbocycles. The average molecular weight is 266 g/mol. The Kier molecular flexibility index (Phi) is 3.54. The number of nitrogens with one attached hydrogen (secondary N) is 1. The fourth-order valence-electron chi connectivity index (χ4n) is 3.58. The van der Waals surface area contributed by atoms with Gasteiger partial charge in [-0.25, -0.2) is 0 Å². The molecule has 3 heterocycles. The van der Waals surface area contributed by atoms with Crippen molar-refractivity contribution in [1.82, 2.24) is 0 Å². The minimum absolute atomic E-state index is 0. The Bertz CT molecular complexity index is 465. The topological polar surface area (TPSA) is 24.7 Å². The second-order valence-electron chi connectivity index (χ2n) is 5.44. The predicted octanol–water partition coefficient (Wildman–Crippen LogP) is -1.99. The summed E-state index contributed by atoms with van der Waals surface area (Å²) in [5, 5.41) is 11.2. The van der Waals surface area contributed by atoms with Crippen LogP contribution in [0.5, 0.6) is 0 Å². The Labute approximate surface area is 115 Å². The smallest absolute Gasteiger partial charge is 0.166 e. The highest BCUT2D eigenvalue weighted by molar-refractivity contribution is 5.37. The van der Waals surface area contributed by atoms with E-state index in [1.807, 2.05) is 12.1 Å². The van der Waals surface area contributed by atoms with E-state index in [0.717, 1.165) is 37.2 Å². The molecule has 2 N–H and O–H groups in total. The standard InChI is InChI=1S/C15H19NO.ClH/c1-11-5-3-4-6-14(11)15(17)12(2)16-9-7-13(15)8-10-16;/h3-6,13,17H,2,7-10H2,1H3;1H. The van der Waals surface area contributed by atoms with E-state index in [4.69, 9.17) is 0 Å². The molecule has 1 unspecified atom stereocenters. The Morgan fingerprint density at radius 2 is 1.89 bits per heavy atom. The van der Waals surface area contributed by atoms with E-state index in [1.54, 1.807) is 0 Å². The van der Waals surface area contributed by atoms with Crippen molar-refractivity contribution in [3.63, 3.8) is 0 Å². The summed E-state index contributed by atoms with van der Waals surface area (Å²) in [6, 6.07) is 8.18. The predicted molar refractivity (Wildman–Crippen MR) is 67.6 cm³/mol. The van der Waals surface area contributed by atoms with Crippen LogP contribution in [0.15, 0.2) is 36.5 Å². The van der Waals surface area contributed by atoms with Crippen molar-refractivity contribution in [3.8, 4) is 0 Å². The van der Waals surface area contributed by atoms with Crippen LogP contribution in [0.25, 0.3) is 0 Å². The van der Waals surface area contributed by atoms with Crippen LogP contribution in [0, 0.1) is 12.8 Å². The van der Waals surface area contributed by atoms with Gasteiger partial charge in [-0.2, -0.15) is 0 Å². The van der Waals surface area contributed by atoms with Crippen molar-refractivity contribution >= 4 is 0 Å². The molecule has 3 saturated heterocycles. The third-order valence-corrected chi connectivity index (χ3v) is 4.62. The number of aryl methyl sites for hydroxylation is 1. The van der Waals surface area contributed by atoms with Gasteiger partial charge in [-0.05, 0) is 24.6 Å². The SMILES string of the molecule is C=C1[NH+]2CCC(CC2)C1(O)c1ccccc1C.[Cl-]. The van der Waals surface area contributed by atoms with Crippen molar-refractivity contribution in [2.75, 3.05) is 13.1 Å². The molecule has 0 aliphatic carbocycles. The monoisotopic (exact) mass is 265 g/mol. The number of hydrogen-bond donors (Lipinski definition) is 2. The van der Waals surface area contributed by atoms with Crippen LogP contribution in [0.4, 0.5) is 0 Å². The van der Waals surface area contributed by atoms with Crippen LogP contribution in [-0.2, 0) is 5.60 Å². The number of benzene rings is 1. The Morgan fingerprint density at radius 1 is 1.28 bits per heavy atom. The first-order chi connectivity index (χ1) is 8.14. The van der Waals surface area contributed by atoms with E-state index in [0.29, 0.717) is 5.92 Å². The lowest BCUT2D eigenvalue weighted by atomic mass is 9.69. The number of rotatable bonds is 1. The molecule has 0 spiro atoms. The van der Waals surface area contributed by atoms with Crippen LogP contribution >= 0.6 is 0 Å². The van der Waals surface area contributed by atoms with Crippen LogP contribution < -0.4 is 17.3 Å². The number of quaternary nitrogens is 1. The molecule has 0 amide bonds. The van der Waals surface area contributed by atoms with Gasteiger partial charge in [0.05, 0.1) is 13.1 Å². The molecular weight excluding hydrogens is 246 g/mol. The number of piperidine rings is 3. The van der Waals surface area contributed by atoms with Gasteiger partial charge in [0.2, 0.25) is 0 Å². The zero-order chi connectivity index (χ0) is 12.0. The summed E-state index contributed by atoms with van der Waals surface area (Å²) in [6.45, 7) is 8.53. The molecule has 18 heavy (non-hydrogen) atoms. The molecule has 0 radical (unpaired) electrons. The molecule has 0 aromatic heterocycles. The molecule has 2 nitrogen and oxygen atoms in total. The molecule has 2 bridgehead atoms. The van der Waals surface area contributed by atoms with Gasteiger partial charge in [-0.3, -0.25) is 0 Å². The quantitative estimate of drug-likeness (QED) is 0.604. The van der Waals surface area contributed by atoms with Crippen LogP contribution in [-0.4, -0.2) is 18.2 Å². The van der Waals surface area contributed by atoms with Crippen LogP contribution in [0.3, 0.4) is 0 Å². The summed E-state index contributed by atoms with van der Waals surface area (Å²) in [6.07, 6.45) is 2.22. The first kappa shape index (κ1) is 13.6. The second-order valence-corrected chi connectivity index (χ2v) is 5.44. The van der Waals surface area contributed by atoms with Gasteiger partial charge in [0.1, 0.15) is 5.70 Å². The Balaban J connectivity index is 0.00000120. The van der Waals surface area contributed by atoms with Crippen LogP contribution in [0.1, 0.15) is 24.0 Å². The summed E-state index contributed by atoms with van der Waals surface area (Å²) >= 11 is 0. The van der Waals surface area contributed by atoms with E-state index in [1.165, 1.54) is 10.5 Å². The van der Waals surface area contributed by atoms with Crippen molar-refractivity contribution < 1.29 is 22.4 Å². The molecular formula is C15H20ClNO. The fourth-order valence-corrected chi connectivity index (χ4v) is 3.58. The summed E-state index contributed by atoms with van der Waals surface area (Å²) in [5.41, 5.74) is 2.42. The highest BCUT2D eigenvalue weighted by Gasteiger charge is 2.53. The zero-order valence-electron chi connectivity index (χ0n) is 10.7. The van der Waals surface area contributed by atoms with Gasteiger partial charge in [0.25, 0.3) is 0 Å². The molecule has 3 fully saturated rings. The average Bonchev–Trinajstić information content (AvgIpc) is 2.36. The van der Waals surface area contributed by atoms with E-state index in [-0.39, 0.29) is 12.4 Å². The molecule has 4 rings (SSSR count). The van der Waals surface area contributed by atoms with Gasteiger partial charge >= 0.3 is 0 Å². The minimum atomic E-state index is -0.794. The lowest BCUT2D eigenvalue weighted by molar-refractivity contribution is -0.886. The van der Waals surface area contributed by atoms with Gasteiger partial charge in [-0.15, -0.1) is 0 Å². The number of fused-ring (bicyclic) bond motifs is 3. The van der Waals surface area contributed by atoms with E-state index < -0.39 is 5.60 Å². The third kappa shape index (κ3) is 1.71. The molecule has 1 atom stereocenters.